The van der Waals surface area contributed by atoms with Gasteiger partial charge in [0, 0.05) is 13.5 Å². The van der Waals surface area contributed by atoms with Gasteiger partial charge in [-0.2, -0.15) is 0 Å². The molecular weight excluding hydrogens is 202 g/mol. The summed E-state index contributed by atoms with van der Waals surface area (Å²) in [7, 11) is 0. The third-order valence-corrected chi connectivity index (χ3v) is 3.38. The molecule has 0 aromatic carbocycles. The van der Waals surface area contributed by atoms with Gasteiger partial charge in [-0.15, -0.1) is 0 Å². The molecule has 2 aliphatic rings. The Morgan fingerprint density at radius 3 is 1.75 bits per heavy atom. The fraction of sp³-hybridized carbons (Fsp3) is 0.846. The summed E-state index contributed by atoms with van der Waals surface area (Å²) in [4.78, 5) is 23.6. The predicted molar refractivity (Wildman–Crippen MR) is 64.2 cm³/mol. The van der Waals surface area contributed by atoms with Gasteiger partial charge in [0.05, 0.1) is 6.04 Å². The number of Topliss-reactive ketones (excluding diaryl/α,β-unsaturated/α-hetero) is 1. The second-order valence-electron chi connectivity index (χ2n) is 4.75. The summed E-state index contributed by atoms with van der Waals surface area (Å²) >= 11 is 0. The fourth-order valence-corrected chi connectivity index (χ4v) is 2.45. The first-order valence-corrected chi connectivity index (χ1v) is 6.40. The van der Waals surface area contributed by atoms with Crippen molar-refractivity contribution in [3.8, 4) is 0 Å². The van der Waals surface area contributed by atoms with Crippen LogP contribution in [0.3, 0.4) is 0 Å². The molecule has 1 atom stereocenters. The zero-order chi connectivity index (χ0) is 12.0. The highest BCUT2D eigenvalue weighted by atomic mass is 16.2. The van der Waals surface area contributed by atoms with Crippen LogP contribution in [-0.4, -0.2) is 29.2 Å². The van der Waals surface area contributed by atoms with Crippen molar-refractivity contribution >= 4 is 11.7 Å². The van der Waals surface area contributed by atoms with Crippen LogP contribution in [0.15, 0.2) is 0 Å². The highest BCUT2D eigenvalue weighted by Crippen LogP contribution is 2.17. The van der Waals surface area contributed by atoms with Crippen LogP contribution >= 0.6 is 0 Å². The number of likely N-dealkylation sites (tertiary alicyclic amines) is 1. The Bertz CT molecular complexity index is 219. The molecule has 0 bridgehead atoms. The average Bonchev–Trinajstić information content (AvgIpc) is 2.92. The molecule has 0 radical (unpaired) electrons. The molecule has 16 heavy (non-hydrogen) atoms. The van der Waals surface area contributed by atoms with Crippen molar-refractivity contribution in [2.45, 2.75) is 64.8 Å². The zero-order valence-electron chi connectivity index (χ0n) is 10.5. The number of carbonyl (C=O) groups excluding carboxylic acids is 2. The van der Waals surface area contributed by atoms with Gasteiger partial charge in [0.15, 0.2) is 5.78 Å². The van der Waals surface area contributed by atoms with Gasteiger partial charge in [0.25, 0.3) is 0 Å². The largest absolute Gasteiger partial charge is 0.333 e. The first-order valence-electron chi connectivity index (χ1n) is 6.40. The monoisotopic (exact) mass is 225 g/mol. The molecule has 1 unspecified atom stereocenters. The van der Waals surface area contributed by atoms with E-state index in [2.05, 4.69) is 0 Å². The highest BCUT2D eigenvalue weighted by molar-refractivity contribution is 5.87. The van der Waals surface area contributed by atoms with E-state index in [0.717, 1.165) is 19.4 Å². The van der Waals surface area contributed by atoms with Gasteiger partial charge in [0.2, 0.25) is 5.91 Å². The summed E-state index contributed by atoms with van der Waals surface area (Å²) in [5.74, 6) is 0.125. The number of ketones is 1. The molecule has 0 aromatic rings. The minimum absolute atomic E-state index is 0.0164. The molecule has 2 fully saturated rings. The maximum atomic E-state index is 11.0. The SMILES string of the molecule is C1CCCC1.CC(=O)C1CCCN1C(C)=O. The number of hydrogen-bond donors (Lipinski definition) is 0. The Hall–Kier alpha value is -0.860. The summed E-state index contributed by atoms with van der Waals surface area (Å²) < 4.78 is 0. The molecule has 1 heterocycles. The van der Waals surface area contributed by atoms with Gasteiger partial charge in [0.1, 0.15) is 0 Å². The lowest BCUT2D eigenvalue weighted by Crippen LogP contribution is -2.37. The Labute approximate surface area is 98.2 Å². The Morgan fingerprint density at radius 2 is 1.44 bits per heavy atom. The molecule has 3 heteroatoms. The van der Waals surface area contributed by atoms with Crippen LogP contribution in [0, 0.1) is 0 Å². The van der Waals surface area contributed by atoms with Crippen LogP contribution in [0.5, 0.6) is 0 Å². The fourth-order valence-electron chi connectivity index (χ4n) is 2.45. The van der Waals surface area contributed by atoms with Crippen LogP contribution in [0.2, 0.25) is 0 Å². The molecule has 0 aromatic heterocycles. The van der Waals surface area contributed by atoms with Gasteiger partial charge < -0.3 is 4.90 Å². The van der Waals surface area contributed by atoms with E-state index in [1.807, 2.05) is 0 Å². The quantitative estimate of drug-likeness (QED) is 0.687. The molecule has 2 rings (SSSR count). The van der Waals surface area contributed by atoms with E-state index < -0.39 is 0 Å². The molecule has 1 aliphatic heterocycles. The highest BCUT2D eigenvalue weighted by Gasteiger charge is 2.29. The van der Waals surface area contributed by atoms with E-state index in [1.165, 1.54) is 39.0 Å². The molecule has 1 saturated carbocycles. The maximum absolute atomic E-state index is 11.0. The van der Waals surface area contributed by atoms with Crippen molar-refractivity contribution in [3.05, 3.63) is 0 Å². The van der Waals surface area contributed by atoms with E-state index in [-0.39, 0.29) is 17.7 Å². The van der Waals surface area contributed by atoms with E-state index >= 15 is 0 Å². The summed E-state index contributed by atoms with van der Waals surface area (Å²) in [5, 5.41) is 0. The van der Waals surface area contributed by atoms with Crippen LogP contribution < -0.4 is 0 Å². The van der Waals surface area contributed by atoms with Crippen molar-refractivity contribution in [1.82, 2.24) is 4.90 Å². The van der Waals surface area contributed by atoms with Gasteiger partial charge >= 0.3 is 0 Å². The molecule has 0 N–H and O–H groups in total. The maximum Gasteiger partial charge on any atom is 0.220 e. The van der Waals surface area contributed by atoms with Gasteiger partial charge in [-0.3, -0.25) is 9.59 Å². The smallest absolute Gasteiger partial charge is 0.220 e. The molecule has 1 saturated heterocycles. The van der Waals surface area contributed by atoms with Crippen molar-refractivity contribution in [2.24, 2.45) is 0 Å². The first-order chi connectivity index (χ1) is 7.63. The molecular formula is C13H23NO2. The lowest BCUT2D eigenvalue weighted by molar-refractivity contribution is -0.135. The first kappa shape index (κ1) is 13.2. The Balaban J connectivity index is 0.000000212. The molecule has 3 nitrogen and oxygen atoms in total. The third-order valence-electron chi connectivity index (χ3n) is 3.38. The zero-order valence-corrected chi connectivity index (χ0v) is 10.5. The standard InChI is InChI=1S/C8H13NO2.C5H10/c1-6(10)8-4-3-5-9(8)7(2)11;1-2-4-5-3-1/h8H,3-5H2,1-2H3;1-5H2. The number of hydrogen-bond acceptors (Lipinski definition) is 2. The lowest BCUT2D eigenvalue weighted by Gasteiger charge is -2.20. The van der Waals surface area contributed by atoms with Crippen molar-refractivity contribution in [3.63, 3.8) is 0 Å². The second-order valence-corrected chi connectivity index (χ2v) is 4.75. The van der Waals surface area contributed by atoms with E-state index in [9.17, 15) is 9.59 Å². The van der Waals surface area contributed by atoms with Crippen LogP contribution in [0.25, 0.3) is 0 Å². The van der Waals surface area contributed by atoms with Crippen molar-refractivity contribution in [1.29, 1.82) is 0 Å². The van der Waals surface area contributed by atoms with Gasteiger partial charge in [-0.25, -0.2) is 0 Å². The molecule has 92 valence electrons. The normalized spacial score (nSPS) is 23.9. The third kappa shape index (κ3) is 3.95. The summed E-state index contributed by atoms with van der Waals surface area (Å²) in [6.45, 7) is 3.81. The minimum atomic E-state index is -0.132. The van der Waals surface area contributed by atoms with E-state index in [0.29, 0.717) is 0 Å². The number of carbonyl (C=O) groups is 2. The summed E-state index contributed by atoms with van der Waals surface area (Å²) in [6.07, 6.45) is 9.30. The van der Waals surface area contributed by atoms with Gasteiger partial charge in [-0.1, -0.05) is 32.1 Å². The summed E-state index contributed by atoms with van der Waals surface area (Å²) in [6, 6.07) is -0.132. The average molecular weight is 225 g/mol. The van der Waals surface area contributed by atoms with Gasteiger partial charge in [-0.05, 0) is 19.8 Å². The topological polar surface area (TPSA) is 37.4 Å². The van der Waals surface area contributed by atoms with Crippen LogP contribution in [0.1, 0.15) is 58.8 Å². The molecule has 1 aliphatic carbocycles. The van der Waals surface area contributed by atoms with Crippen molar-refractivity contribution < 1.29 is 9.59 Å². The van der Waals surface area contributed by atoms with Crippen LogP contribution in [0.4, 0.5) is 0 Å². The van der Waals surface area contributed by atoms with E-state index in [4.69, 9.17) is 0 Å². The minimum Gasteiger partial charge on any atom is -0.333 e. The Morgan fingerprint density at radius 1 is 0.938 bits per heavy atom. The number of nitrogens with zero attached hydrogens (tertiary/aromatic N) is 1. The van der Waals surface area contributed by atoms with Crippen LogP contribution in [-0.2, 0) is 9.59 Å². The molecule has 0 spiro atoms. The Kier molecular flexibility index (Phi) is 5.50. The second kappa shape index (κ2) is 6.66. The number of amides is 1. The van der Waals surface area contributed by atoms with E-state index in [1.54, 1.807) is 11.8 Å². The predicted octanol–water partition coefficient (Wildman–Crippen LogP) is 2.54. The lowest BCUT2D eigenvalue weighted by atomic mass is 10.1. The summed E-state index contributed by atoms with van der Waals surface area (Å²) in [5.41, 5.74) is 0. The van der Waals surface area contributed by atoms with Crippen molar-refractivity contribution in [2.75, 3.05) is 6.54 Å². The number of rotatable bonds is 1. The molecule has 1 amide bonds.